The molecule has 0 unspecified atom stereocenters. The molecule has 0 spiro atoms. The van der Waals surface area contributed by atoms with Crippen LogP contribution in [0.2, 0.25) is 0 Å². The second-order valence-corrected chi connectivity index (χ2v) is 9.66. The molecule has 2 rings (SSSR count). The standard InChI is InChI=1S/C17H21N5O4S2/c1-11-6-5-7-12(2)16(11)14-8-15(27(4,23)24)21-17(20-14)22-28(25,26)13(9-18)10-19-3/h5-10H,18H2,1-4H3,(H,20,21,22)/b13-9+,19-10?. The first-order chi connectivity index (χ1) is 13.0. The highest BCUT2D eigenvalue weighted by Crippen LogP contribution is 2.28. The molecule has 2 aromatic rings. The summed E-state index contributed by atoms with van der Waals surface area (Å²) in [7, 11) is -6.49. The molecule has 0 fully saturated rings. The number of nitrogens with one attached hydrogen (secondary N) is 1. The van der Waals surface area contributed by atoms with Crippen LogP contribution in [0.25, 0.3) is 11.3 Å². The Kier molecular flexibility index (Phi) is 6.20. The Hall–Kier alpha value is -2.79. The topological polar surface area (TPSA) is 144 Å². The number of aliphatic imine (C=N–C) groups is 1. The van der Waals surface area contributed by atoms with Gasteiger partial charge in [-0.15, -0.1) is 0 Å². The molecule has 0 saturated heterocycles. The summed E-state index contributed by atoms with van der Waals surface area (Å²) in [5.74, 6) is -0.385. The molecule has 0 amide bonds. The van der Waals surface area contributed by atoms with Gasteiger partial charge < -0.3 is 5.73 Å². The van der Waals surface area contributed by atoms with Crippen molar-refractivity contribution in [3.05, 3.63) is 46.5 Å². The number of anilines is 1. The van der Waals surface area contributed by atoms with Crippen LogP contribution in [-0.4, -0.2) is 46.3 Å². The fourth-order valence-corrected chi connectivity index (χ4v) is 3.97. The second-order valence-electron chi connectivity index (χ2n) is 6.02. The van der Waals surface area contributed by atoms with Gasteiger partial charge >= 0.3 is 0 Å². The monoisotopic (exact) mass is 423 g/mol. The van der Waals surface area contributed by atoms with Crippen molar-refractivity contribution in [2.45, 2.75) is 18.9 Å². The number of hydrogen-bond donors (Lipinski definition) is 2. The van der Waals surface area contributed by atoms with E-state index in [0.29, 0.717) is 5.56 Å². The third-order valence-corrected chi connectivity index (χ3v) is 6.06. The normalized spacial score (nSPS) is 13.1. The van der Waals surface area contributed by atoms with E-state index in [4.69, 9.17) is 5.73 Å². The van der Waals surface area contributed by atoms with E-state index in [0.717, 1.165) is 29.8 Å². The first kappa shape index (κ1) is 21.5. The third kappa shape index (κ3) is 4.73. The van der Waals surface area contributed by atoms with E-state index in [-0.39, 0.29) is 21.6 Å². The summed E-state index contributed by atoms with van der Waals surface area (Å²) < 4.78 is 51.3. The van der Waals surface area contributed by atoms with Crippen molar-refractivity contribution >= 4 is 32.0 Å². The van der Waals surface area contributed by atoms with Crippen molar-refractivity contribution in [1.29, 1.82) is 0 Å². The van der Waals surface area contributed by atoms with Crippen LogP contribution in [0.5, 0.6) is 0 Å². The van der Waals surface area contributed by atoms with Gasteiger partial charge in [-0.05, 0) is 25.0 Å². The van der Waals surface area contributed by atoms with Crippen molar-refractivity contribution in [2.24, 2.45) is 10.7 Å². The van der Waals surface area contributed by atoms with Crippen molar-refractivity contribution in [1.82, 2.24) is 9.97 Å². The Morgan fingerprint density at radius 1 is 1.14 bits per heavy atom. The van der Waals surface area contributed by atoms with Crippen LogP contribution in [0.4, 0.5) is 5.95 Å². The molecule has 9 nitrogen and oxygen atoms in total. The fraction of sp³-hybridized carbons (Fsp3) is 0.235. The van der Waals surface area contributed by atoms with Gasteiger partial charge in [0.15, 0.2) is 14.9 Å². The number of hydrogen-bond acceptors (Lipinski definition) is 8. The zero-order valence-electron chi connectivity index (χ0n) is 15.8. The summed E-state index contributed by atoms with van der Waals surface area (Å²) in [6, 6.07) is 6.87. The molecule has 1 aromatic carbocycles. The van der Waals surface area contributed by atoms with Gasteiger partial charge in [-0.3, -0.25) is 4.99 Å². The zero-order valence-corrected chi connectivity index (χ0v) is 17.5. The lowest BCUT2D eigenvalue weighted by atomic mass is 10.00. The summed E-state index contributed by atoms with van der Waals surface area (Å²) in [5, 5.41) is -0.305. The van der Waals surface area contributed by atoms with Crippen LogP contribution in [-0.2, 0) is 19.9 Å². The average Bonchev–Trinajstić information content (AvgIpc) is 2.58. The van der Waals surface area contributed by atoms with Crippen LogP contribution >= 0.6 is 0 Å². The average molecular weight is 424 g/mol. The van der Waals surface area contributed by atoms with Gasteiger partial charge in [-0.25, -0.2) is 31.5 Å². The summed E-state index contributed by atoms with van der Waals surface area (Å²) in [6.45, 7) is 3.70. The lowest BCUT2D eigenvalue weighted by molar-refractivity contribution is 0.597. The molecule has 1 aromatic heterocycles. The van der Waals surface area contributed by atoms with Crippen LogP contribution < -0.4 is 10.5 Å². The summed E-state index contributed by atoms with van der Waals surface area (Å²) >= 11 is 0. The molecule has 1 heterocycles. The number of nitrogens with zero attached hydrogens (tertiary/aromatic N) is 3. The molecule has 0 aliphatic rings. The maximum Gasteiger partial charge on any atom is 0.267 e. The highest BCUT2D eigenvalue weighted by Gasteiger charge is 2.21. The minimum Gasteiger partial charge on any atom is -0.403 e. The number of allylic oxidation sites excluding steroid dienone is 1. The summed E-state index contributed by atoms with van der Waals surface area (Å²) in [6.07, 6.45) is 2.90. The minimum atomic E-state index is -4.15. The first-order valence-electron chi connectivity index (χ1n) is 8.02. The Labute approximate surface area is 164 Å². The quantitative estimate of drug-likeness (QED) is 0.528. The fourth-order valence-electron chi connectivity index (χ4n) is 2.52. The number of aryl methyl sites for hydroxylation is 2. The van der Waals surface area contributed by atoms with Gasteiger partial charge in [-0.1, -0.05) is 18.2 Å². The van der Waals surface area contributed by atoms with Crippen molar-refractivity contribution in [2.75, 3.05) is 18.0 Å². The molecule has 150 valence electrons. The number of nitrogens with two attached hydrogens (primary N) is 1. The minimum absolute atomic E-state index is 0.283. The Morgan fingerprint density at radius 3 is 2.25 bits per heavy atom. The first-order valence-corrected chi connectivity index (χ1v) is 11.4. The number of rotatable bonds is 6. The highest BCUT2D eigenvalue weighted by molar-refractivity contribution is 7.97. The van der Waals surface area contributed by atoms with E-state index in [1.165, 1.54) is 13.1 Å². The summed E-state index contributed by atoms with van der Waals surface area (Å²) in [4.78, 5) is 11.4. The van der Waals surface area contributed by atoms with E-state index < -0.39 is 19.9 Å². The zero-order chi connectivity index (χ0) is 21.1. The number of aromatic nitrogens is 2. The predicted molar refractivity (Wildman–Crippen MR) is 109 cm³/mol. The van der Waals surface area contributed by atoms with Crippen LogP contribution in [0, 0.1) is 13.8 Å². The molecule has 3 N–H and O–H groups in total. The van der Waals surface area contributed by atoms with Gasteiger partial charge in [0, 0.05) is 37.3 Å². The van der Waals surface area contributed by atoms with E-state index >= 15 is 0 Å². The molecule has 0 bridgehead atoms. The van der Waals surface area contributed by atoms with Gasteiger partial charge in [0.25, 0.3) is 10.0 Å². The number of sulfonamides is 1. The molecule has 11 heteroatoms. The Bertz CT molecular complexity index is 1150. The molecule has 0 aliphatic carbocycles. The molecule has 0 radical (unpaired) electrons. The maximum absolute atomic E-state index is 12.5. The van der Waals surface area contributed by atoms with Crippen molar-refractivity contribution in [3.8, 4) is 11.3 Å². The smallest absolute Gasteiger partial charge is 0.267 e. The second kappa shape index (κ2) is 8.07. The van der Waals surface area contributed by atoms with E-state index in [1.54, 1.807) is 0 Å². The summed E-state index contributed by atoms with van der Waals surface area (Å²) in [5.41, 5.74) is 8.04. The molecule has 0 aliphatic heterocycles. The molecule has 0 saturated carbocycles. The molecule has 0 atom stereocenters. The van der Waals surface area contributed by atoms with Crippen LogP contribution in [0.1, 0.15) is 11.1 Å². The largest absolute Gasteiger partial charge is 0.403 e. The number of benzene rings is 1. The van der Waals surface area contributed by atoms with Gasteiger partial charge in [0.05, 0.1) is 5.69 Å². The highest BCUT2D eigenvalue weighted by atomic mass is 32.2. The number of sulfone groups is 1. The van der Waals surface area contributed by atoms with E-state index in [1.807, 2.05) is 32.0 Å². The molecule has 28 heavy (non-hydrogen) atoms. The Morgan fingerprint density at radius 2 is 1.75 bits per heavy atom. The van der Waals surface area contributed by atoms with E-state index in [2.05, 4.69) is 19.7 Å². The SMILES string of the molecule is CN=C/C(=C\N)S(=O)(=O)Nc1nc(-c2c(C)cccc2C)cc(S(C)(=O)=O)n1. The lowest BCUT2D eigenvalue weighted by Gasteiger charge is -2.13. The van der Waals surface area contributed by atoms with Gasteiger partial charge in [-0.2, -0.15) is 0 Å². The predicted octanol–water partition coefficient (Wildman–Crippen LogP) is 1.41. The van der Waals surface area contributed by atoms with Crippen molar-refractivity contribution in [3.63, 3.8) is 0 Å². The van der Waals surface area contributed by atoms with Gasteiger partial charge in [0.1, 0.15) is 4.91 Å². The van der Waals surface area contributed by atoms with Gasteiger partial charge in [0.2, 0.25) is 5.95 Å². The maximum atomic E-state index is 12.5. The van der Waals surface area contributed by atoms with E-state index in [9.17, 15) is 16.8 Å². The third-order valence-electron chi connectivity index (χ3n) is 3.78. The molecular formula is C17H21N5O4S2. The van der Waals surface area contributed by atoms with Crippen molar-refractivity contribution < 1.29 is 16.8 Å². The lowest BCUT2D eigenvalue weighted by Crippen LogP contribution is -2.19. The van der Waals surface area contributed by atoms with Crippen LogP contribution in [0.15, 0.2) is 45.4 Å². The Balaban J connectivity index is 2.70. The molecular weight excluding hydrogens is 402 g/mol. The van der Waals surface area contributed by atoms with Crippen LogP contribution in [0.3, 0.4) is 0 Å².